The summed E-state index contributed by atoms with van der Waals surface area (Å²) in [7, 11) is 0. The van der Waals surface area contributed by atoms with Crippen LogP contribution in [0.1, 0.15) is 46.0 Å². The van der Waals surface area contributed by atoms with Crippen LogP contribution in [0.15, 0.2) is 0 Å². The number of rotatable bonds is 5. The summed E-state index contributed by atoms with van der Waals surface area (Å²) in [6.07, 6.45) is 4.24. The fourth-order valence-corrected chi connectivity index (χ4v) is 1.53. The first-order chi connectivity index (χ1) is 6.52. The largest absolute Gasteiger partial charge is 0.388 e. The Morgan fingerprint density at radius 3 is 2.57 bits per heavy atom. The average molecular weight is 199 g/mol. The van der Waals surface area contributed by atoms with Gasteiger partial charge >= 0.3 is 0 Å². The summed E-state index contributed by atoms with van der Waals surface area (Å²) < 4.78 is 0. The van der Waals surface area contributed by atoms with Crippen molar-refractivity contribution in [1.82, 2.24) is 5.32 Å². The molecule has 0 bridgehead atoms. The lowest BCUT2D eigenvalue weighted by Gasteiger charge is -2.36. The summed E-state index contributed by atoms with van der Waals surface area (Å²) >= 11 is 0. The van der Waals surface area contributed by atoms with Crippen molar-refractivity contribution < 1.29 is 9.90 Å². The highest BCUT2D eigenvalue weighted by atomic mass is 16.3. The second-order valence-electron chi connectivity index (χ2n) is 4.79. The second kappa shape index (κ2) is 4.78. The third kappa shape index (κ3) is 3.66. The van der Waals surface area contributed by atoms with E-state index in [-0.39, 0.29) is 5.91 Å². The fourth-order valence-electron chi connectivity index (χ4n) is 1.53. The molecule has 1 aliphatic rings. The lowest BCUT2D eigenvalue weighted by atomic mass is 9.80. The van der Waals surface area contributed by atoms with Crippen LogP contribution >= 0.6 is 0 Å². The molecule has 0 unspecified atom stereocenters. The minimum absolute atomic E-state index is 0.0685. The van der Waals surface area contributed by atoms with Gasteiger partial charge in [0.05, 0.1) is 5.60 Å². The van der Waals surface area contributed by atoms with Gasteiger partial charge in [-0.3, -0.25) is 4.79 Å². The van der Waals surface area contributed by atoms with Crippen LogP contribution in [0, 0.1) is 5.92 Å². The SMILES string of the molecule is CC(C)CCC(=O)NCC1(O)CCC1. The van der Waals surface area contributed by atoms with Crippen molar-refractivity contribution in [1.29, 1.82) is 0 Å². The number of amides is 1. The Balaban J connectivity index is 2.08. The average Bonchev–Trinajstić information content (AvgIpc) is 2.08. The number of carbonyl (C=O) groups is 1. The van der Waals surface area contributed by atoms with E-state index in [1.807, 2.05) is 0 Å². The van der Waals surface area contributed by atoms with Gasteiger partial charge < -0.3 is 10.4 Å². The van der Waals surface area contributed by atoms with E-state index in [1.165, 1.54) is 0 Å². The van der Waals surface area contributed by atoms with Gasteiger partial charge in [-0.15, -0.1) is 0 Å². The van der Waals surface area contributed by atoms with E-state index in [9.17, 15) is 9.90 Å². The lowest BCUT2D eigenvalue weighted by Crippen LogP contribution is -2.47. The highest BCUT2D eigenvalue weighted by molar-refractivity contribution is 5.75. The second-order valence-corrected chi connectivity index (χ2v) is 4.79. The molecule has 0 aliphatic heterocycles. The minimum Gasteiger partial charge on any atom is -0.388 e. The van der Waals surface area contributed by atoms with Gasteiger partial charge in [-0.2, -0.15) is 0 Å². The predicted octanol–water partition coefficient (Wildman–Crippen LogP) is 1.45. The van der Waals surface area contributed by atoms with Crippen molar-refractivity contribution >= 4 is 5.91 Å². The van der Waals surface area contributed by atoms with Gasteiger partial charge in [0.25, 0.3) is 0 Å². The molecule has 0 heterocycles. The quantitative estimate of drug-likeness (QED) is 0.704. The van der Waals surface area contributed by atoms with Crippen LogP contribution in [0.3, 0.4) is 0 Å². The molecule has 14 heavy (non-hydrogen) atoms. The van der Waals surface area contributed by atoms with E-state index in [0.29, 0.717) is 18.9 Å². The Hall–Kier alpha value is -0.570. The maximum absolute atomic E-state index is 11.3. The predicted molar refractivity (Wildman–Crippen MR) is 55.9 cm³/mol. The van der Waals surface area contributed by atoms with Crippen LogP contribution in [0.25, 0.3) is 0 Å². The molecule has 0 aromatic carbocycles. The van der Waals surface area contributed by atoms with Crippen molar-refractivity contribution in [3.63, 3.8) is 0 Å². The molecule has 1 fully saturated rings. The van der Waals surface area contributed by atoms with Crippen LogP contribution in [0.5, 0.6) is 0 Å². The maximum Gasteiger partial charge on any atom is 0.220 e. The number of carbonyl (C=O) groups excluding carboxylic acids is 1. The van der Waals surface area contributed by atoms with Crippen LogP contribution < -0.4 is 5.32 Å². The number of aliphatic hydroxyl groups is 1. The van der Waals surface area contributed by atoms with Crippen LogP contribution in [0.4, 0.5) is 0 Å². The zero-order valence-electron chi connectivity index (χ0n) is 9.18. The molecule has 0 saturated heterocycles. The number of nitrogens with one attached hydrogen (secondary N) is 1. The van der Waals surface area contributed by atoms with E-state index >= 15 is 0 Å². The van der Waals surface area contributed by atoms with Gasteiger partial charge in [0.2, 0.25) is 5.91 Å². The van der Waals surface area contributed by atoms with Gasteiger partial charge in [0.15, 0.2) is 0 Å². The smallest absolute Gasteiger partial charge is 0.220 e. The van der Waals surface area contributed by atoms with Gasteiger partial charge in [-0.05, 0) is 31.6 Å². The molecule has 0 aromatic rings. The van der Waals surface area contributed by atoms with Crippen molar-refractivity contribution in [2.75, 3.05) is 6.54 Å². The molecule has 82 valence electrons. The van der Waals surface area contributed by atoms with Crippen molar-refractivity contribution in [2.24, 2.45) is 5.92 Å². The third-order valence-corrected chi connectivity index (χ3v) is 2.85. The van der Waals surface area contributed by atoms with E-state index in [0.717, 1.165) is 25.7 Å². The molecule has 0 spiro atoms. The summed E-state index contributed by atoms with van der Waals surface area (Å²) in [6.45, 7) is 4.64. The van der Waals surface area contributed by atoms with Gasteiger partial charge in [0.1, 0.15) is 0 Å². The monoisotopic (exact) mass is 199 g/mol. The first-order valence-corrected chi connectivity index (χ1v) is 5.51. The summed E-state index contributed by atoms with van der Waals surface area (Å²) in [5.74, 6) is 0.631. The number of hydrogen-bond donors (Lipinski definition) is 2. The van der Waals surface area contributed by atoms with Crippen molar-refractivity contribution in [3.8, 4) is 0 Å². The van der Waals surface area contributed by atoms with E-state index in [4.69, 9.17) is 0 Å². The Bertz CT molecular complexity index is 197. The van der Waals surface area contributed by atoms with Gasteiger partial charge in [0, 0.05) is 13.0 Å². The molecule has 3 nitrogen and oxygen atoms in total. The normalized spacial score (nSPS) is 19.1. The van der Waals surface area contributed by atoms with Gasteiger partial charge in [-0.25, -0.2) is 0 Å². The molecular weight excluding hydrogens is 178 g/mol. The number of hydrogen-bond acceptors (Lipinski definition) is 2. The van der Waals surface area contributed by atoms with E-state index < -0.39 is 5.60 Å². The highest BCUT2D eigenvalue weighted by Gasteiger charge is 2.34. The molecular formula is C11H21NO2. The fraction of sp³-hybridized carbons (Fsp3) is 0.909. The maximum atomic E-state index is 11.3. The molecule has 0 radical (unpaired) electrons. The van der Waals surface area contributed by atoms with E-state index in [1.54, 1.807) is 0 Å². The Kier molecular flexibility index (Phi) is 3.93. The first-order valence-electron chi connectivity index (χ1n) is 5.51. The zero-order valence-corrected chi connectivity index (χ0v) is 9.18. The molecule has 3 heteroatoms. The summed E-state index contributed by atoms with van der Waals surface area (Å²) in [5.41, 5.74) is -0.590. The van der Waals surface area contributed by atoms with Crippen LogP contribution in [0.2, 0.25) is 0 Å². The van der Waals surface area contributed by atoms with Crippen LogP contribution in [-0.2, 0) is 4.79 Å². The van der Waals surface area contributed by atoms with Crippen molar-refractivity contribution in [2.45, 2.75) is 51.6 Å². The summed E-state index contributed by atoms with van der Waals surface area (Å²) in [6, 6.07) is 0. The lowest BCUT2D eigenvalue weighted by molar-refractivity contribution is -0.123. The molecule has 1 amide bonds. The first kappa shape index (κ1) is 11.5. The summed E-state index contributed by atoms with van der Waals surface area (Å²) in [5, 5.41) is 12.5. The zero-order chi connectivity index (χ0) is 10.6. The molecule has 1 saturated carbocycles. The van der Waals surface area contributed by atoms with Crippen LogP contribution in [-0.4, -0.2) is 23.2 Å². The molecule has 1 rings (SSSR count). The Morgan fingerprint density at radius 2 is 2.14 bits per heavy atom. The Morgan fingerprint density at radius 1 is 1.50 bits per heavy atom. The van der Waals surface area contributed by atoms with Crippen molar-refractivity contribution in [3.05, 3.63) is 0 Å². The molecule has 2 N–H and O–H groups in total. The van der Waals surface area contributed by atoms with E-state index in [2.05, 4.69) is 19.2 Å². The summed E-state index contributed by atoms with van der Waals surface area (Å²) in [4.78, 5) is 11.3. The molecule has 0 aromatic heterocycles. The third-order valence-electron chi connectivity index (χ3n) is 2.85. The molecule has 1 aliphatic carbocycles. The Labute approximate surface area is 85.9 Å². The molecule has 0 atom stereocenters. The standard InChI is InChI=1S/C11H21NO2/c1-9(2)4-5-10(13)12-8-11(14)6-3-7-11/h9,14H,3-8H2,1-2H3,(H,12,13). The highest BCUT2D eigenvalue weighted by Crippen LogP contribution is 2.30. The minimum atomic E-state index is -0.590. The van der Waals surface area contributed by atoms with Gasteiger partial charge in [-0.1, -0.05) is 13.8 Å². The topological polar surface area (TPSA) is 49.3 Å².